The molecule has 2 rings (SSSR count). The first-order valence-electron chi connectivity index (χ1n) is 8.37. The SMILES string of the molecule is COC(C)(CNC(=O)Cc1cccc(NC(N)=O)c1)CC1CCC1. The van der Waals surface area contributed by atoms with Crippen molar-refractivity contribution >= 4 is 17.6 Å². The summed E-state index contributed by atoms with van der Waals surface area (Å²) in [6, 6.07) is 6.48. The topological polar surface area (TPSA) is 93.4 Å². The van der Waals surface area contributed by atoms with E-state index >= 15 is 0 Å². The fraction of sp³-hybridized carbons (Fsp3) is 0.556. The molecule has 0 aliphatic heterocycles. The molecule has 132 valence electrons. The molecule has 6 heteroatoms. The van der Waals surface area contributed by atoms with E-state index in [4.69, 9.17) is 10.5 Å². The van der Waals surface area contributed by atoms with Gasteiger partial charge in [-0.1, -0.05) is 31.4 Å². The van der Waals surface area contributed by atoms with Crippen LogP contribution in [0.5, 0.6) is 0 Å². The number of primary amides is 1. The summed E-state index contributed by atoms with van der Waals surface area (Å²) in [6.07, 6.45) is 5.03. The number of urea groups is 1. The van der Waals surface area contributed by atoms with Gasteiger partial charge in [-0.05, 0) is 37.0 Å². The molecular formula is C18H27N3O3. The monoisotopic (exact) mass is 333 g/mol. The predicted molar refractivity (Wildman–Crippen MR) is 93.7 cm³/mol. The van der Waals surface area contributed by atoms with E-state index in [1.165, 1.54) is 19.3 Å². The van der Waals surface area contributed by atoms with Crippen molar-refractivity contribution in [3.63, 3.8) is 0 Å². The van der Waals surface area contributed by atoms with Crippen LogP contribution in [0.2, 0.25) is 0 Å². The largest absolute Gasteiger partial charge is 0.377 e. The van der Waals surface area contributed by atoms with Crippen LogP contribution in [0.4, 0.5) is 10.5 Å². The van der Waals surface area contributed by atoms with E-state index in [0.29, 0.717) is 18.2 Å². The minimum Gasteiger partial charge on any atom is -0.377 e. The maximum Gasteiger partial charge on any atom is 0.316 e. The maximum absolute atomic E-state index is 12.2. The molecule has 0 aromatic heterocycles. The molecule has 6 nitrogen and oxygen atoms in total. The first-order valence-corrected chi connectivity index (χ1v) is 8.37. The number of nitrogens with two attached hydrogens (primary N) is 1. The number of nitrogens with one attached hydrogen (secondary N) is 2. The van der Waals surface area contributed by atoms with Crippen LogP contribution in [0, 0.1) is 5.92 Å². The van der Waals surface area contributed by atoms with Crippen LogP contribution < -0.4 is 16.4 Å². The maximum atomic E-state index is 12.2. The van der Waals surface area contributed by atoms with E-state index in [9.17, 15) is 9.59 Å². The highest BCUT2D eigenvalue weighted by Gasteiger charge is 2.31. The van der Waals surface area contributed by atoms with Gasteiger partial charge < -0.3 is 21.1 Å². The van der Waals surface area contributed by atoms with Crippen molar-refractivity contribution in [1.82, 2.24) is 5.32 Å². The molecule has 24 heavy (non-hydrogen) atoms. The number of carbonyl (C=O) groups excluding carboxylic acids is 2. The number of carbonyl (C=O) groups is 2. The third-order valence-corrected chi connectivity index (χ3v) is 4.66. The molecule has 1 aromatic carbocycles. The van der Waals surface area contributed by atoms with Crippen molar-refractivity contribution in [3.8, 4) is 0 Å². The highest BCUT2D eigenvalue weighted by atomic mass is 16.5. The lowest BCUT2D eigenvalue weighted by molar-refractivity contribution is -0.122. The molecule has 0 heterocycles. The van der Waals surface area contributed by atoms with Gasteiger partial charge in [-0.3, -0.25) is 4.79 Å². The number of rotatable bonds is 8. The van der Waals surface area contributed by atoms with Crippen LogP contribution in [0.25, 0.3) is 0 Å². The summed E-state index contributed by atoms with van der Waals surface area (Å²) in [5, 5.41) is 5.47. The summed E-state index contributed by atoms with van der Waals surface area (Å²) in [5.41, 5.74) is 6.18. The van der Waals surface area contributed by atoms with Gasteiger partial charge in [0.1, 0.15) is 0 Å². The zero-order valence-corrected chi connectivity index (χ0v) is 14.4. The molecule has 1 aliphatic carbocycles. The first kappa shape index (κ1) is 18.3. The normalized spacial score (nSPS) is 16.8. The number of hydrogen-bond donors (Lipinski definition) is 3. The van der Waals surface area contributed by atoms with Crippen LogP contribution in [-0.2, 0) is 16.0 Å². The van der Waals surface area contributed by atoms with Crippen molar-refractivity contribution in [1.29, 1.82) is 0 Å². The number of hydrogen-bond acceptors (Lipinski definition) is 3. The highest BCUT2D eigenvalue weighted by Crippen LogP contribution is 2.34. The van der Waals surface area contributed by atoms with Crippen molar-refractivity contribution in [2.45, 2.75) is 44.6 Å². The Labute approximate surface area is 143 Å². The Bertz CT molecular complexity index is 587. The molecular weight excluding hydrogens is 306 g/mol. The third kappa shape index (κ3) is 5.53. The van der Waals surface area contributed by atoms with Gasteiger partial charge >= 0.3 is 6.03 Å². The lowest BCUT2D eigenvalue weighted by Crippen LogP contribution is -2.44. The van der Waals surface area contributed by atoms with Gasteiger partial charge in [-0.2, -0.15) is 0 Å². The van der Waals surface area contributed by atoms with Gasteiger partial charge in [0.05, 0.1) is 12.0 Å². The molecule has 1 fully saturated rings. The molecule has 0 saturated heterocycles. The summed E-state index contributed by atoms with van der Waals surface area (Å²) in [6.45, 7) is 2.54. The van der Waals surface area contributed by atoms with Crippen molar-refractivity contribution < 1.29 is 14.3 Å². The van der Waals surface area contributed by atoms with E-state index in [2.05, 4.69) is 10.6 Å². The van der Waals surface area contributed by atoms with Crippen LogP contribution in [-0.4, -0.2) is 31.2 Å². The summed E-state index contributed by atoms with van der Waals surface area (Å²) in [4.78, 5) is 23.1. The average molecular weight is 333 g/mol. The molecule has 1 atom stereocenters. The van der Waals surface area contributed by atoms with Crippen LogP contribution in [0.3, 0.4) is 0 Å². The van der Waals surface area contributed by atoms with Gasteiger partial charge in [0.25, 0.3) is 0 Å². The Balaban J connectivity index is 1.84. The third-order valence-electron chi connectivity index (χ3n) is 4.66. The van der Waals surface area contributed by atoms with Gasteiger partial charge in [0.2, 0.25) is 5.91 Å². The number of amides is 3. The lowest BCUT2D eigenvalue weighted by Gasteiger charge is -2.36. The van der Waals surface area contributed by atoms with Gasteiger partial charge in [0, 0.05) is 19.3 Å². The summed E-state index contributed by atoms with van der Waals surface area (Å²) in [5.74, 6) is 0.645. The van der Waals surface area contributed by atoms with Gasteiger partial charge in [-0.25, -0.2) is 4.79 Å². The average Bonchev–Trinajstić information content (AvgIpc) is 2.49. The molecule has 1 unspecified atom stereocenters. The van der Waals surface area contributed by atoms with E-state index in [1.807, 2.05) is 13.0 Å². The highest BCUT2D eigenvalue weighted by molar-refractivity contribution is 5.88. The van der Waals surface area contributed by atoms with Gasteiger partial charge in [0.15, 0.2) is 0 Å². The second-order valence-electron chi connectivity index (χ2n) is 6.80. The lowest BCUT2D eigenvalue weighted by atomic mass is 9.77. The van der Waals surface area contributed by atoms with E-state index in [1.54, 1.807) is 25.3 Å². The Hall–Kier alpha value is -2.08. The first-order chi connectivity index (χ1) is 11.4. The molecule has 1 aliphatic rings. The molecule has 0 spiro atoms. The number of methoxy groups -OCH3 is 1. The minimum absolute atomic E-state index is 0.0666. The zero-order chi connectivity index (χ0) is 17.6. The fourth-order valence-electron chi connectivity index (χ4n) is 2.97. The quantitative estimate of drug-likeness (QED) is 0.682. The van der Waals surface area contributed by atoms with E-state index in [-0.39, 0.29) is 17.9 Å². The van der Waals surface area contributed by atoms with Crippen molar-refractivity contribution in [2.75, 3.05) is 19.0 Å². The number of anilines is 1. The summed E-state index contributed by atoms with van der Waals surface area (Å²) < 4.78 is 5.63. The smallest absolute Gasteiger partial charge is 0.316 e. The number of ether oxygens (including phenoxy) is 1. The predicted octanol–water partition coefficient (Wildman–Crippen LogP) is 2.43. The Morgan fingerprint density at radius 2 is 2.12 bits per heavy atom. The Morgan fingerprint density at radius 1 is 1.38 bits per heavy atom. The second kappa shape index (κ2) is 8.15. The molecule has 3 amide bonds. The molecule has 0 radical (unpaired) electrons. The minimum atomic E-state index is -0.622. The summed E-state index contributed by atoms with van der Waals surface area (Å²) in [7, 11) is 1.70. The Kier molecular flexibility index (Phi) is 6.20. The van der Waals surface area contributed by atoms with Crippen molar-refractivity contribution in [2.24, 2.45) is 11.7 Å². The Morgan fingerprint density at radius 3 is 2.71 bits per heavy atom. The molecule has 4 N–H and O–H groups in total. The van der Waals surface area contributed by atoms with Crippen molar-refractivity contribution in [3.05, 3.63) is 29.8 Å². The summed E-state index contributed by atoms with van der Waals surface area (Å²) >= 11 is 0. The standard InChI is InChI=1S/C18H27N3O3/c1-18(24-2,11-13-5-3-6-13)12-20-16(22)10-14-7-4-8-15(9-14)21-17(19)23/h4,7-9,13H,3,5-6,10-12H2,1-2H3,(H,20,22)(H3,19,21,23). The second-order valence-corrected chi connectivity index (χ2v) is 6.80. The van der Waals surface area contributed by atoms with Crippen LogP contribution in [0.1, 0.15) is 38.2 Å². The van der Waals surface area contributed by atoms with E-state index in [0.717, 1.165) is 12.0 Å². The zero-order valence-electron chi connectivity index (χ0n) is 14.4. The van der Waals surface area contributed by atoms with E-state index < -0.39 is 6.03 Å². The molecule has 0 bridgehead atoms. The molecule has 1 saturated carbocycles. The molecule has 1 aromatic rings. The van der Waals surface area contributed by atoms with Crippen LogP contribution >= 0.6 is 0 Å². The van der Waals surface area contributed by atoms with Gasteiger partial charge in [-0.15, -0.1) is 0 Å². The van der Waals surface area contributed by atoms with Crippen LogP contribution in [0.15, 0.2) is 24.3 Å². The number of benzene rings is 1. The fourth-order valence-corrected chi connectivity index (χ4v) is 2.97.